The molecular weight excluding hydrogens is 192 g/mol. The molecule has 15 heavy (non-hydrogen) atoms. The van der Waals surface area contributed by atoms with Crippen molar-refractivity contribution >= 4 is 11.8 Å². The average molecular weight is 210 g/mol. The minimum atomic E-state index is -0.471. The summed E-state index contributed by atoms with van der Waals surface area (Å²) in [5.74, 6) is -0.705. The summed E-state index contributed by atoms with van der Waals surface area (Å²) in [6.07, 6.45) is 7.17. The van der Waals surface area contributed by atoms with Gasteiger partial charge in [0.2, 0.25) is 0 Å². The number of methoxy groups -OCH3 is 1. The zero-order valence-electron chi connectivity index (χ0n) is 9.25. The van der Waals surface area contributed by atoms with Gasteiger partial charge in [0.05, 0.1) is 7.11 Å². The summed E-state index contributed by atoms with van der Waals surface area (Å²) in [5.41, 5.74) is 0.252. The first-order valence-electron chi connectivity index (χ1n) is 5.77. The second kappa shape index (κ2) is 3.95. The van der Waals surface area contributed by atoms with Crippen LogP contribution in [-0.4, -0.2) is 18.9 Å². The summed E-state index contributed by atoms with van der Waals surface area (Å²) in [7, 11) is 1.36. The largest absolute Gasteiger partial charge is 0.468 e. The normalized spacial score (nSPS) is 29.4. The van der Waals surface area contributed by atoms with Crippen molar-refractivity contribution in [3.8, 4) is 0 Å². The molecule has 2 rings (SSSR count). The Hall–Kier alpha value is -0.860. The van der Waals surface area contributed by atoms with Crippen LogP contribution in [0.2, 0.25) is 0 Å². The van der Waals surface area contributed by atoms with Gasteiger partial charge in [-0.05, 0) is 31.1 Å². The minimum absolute atomic E-state index is 0.106. The summed E-state index contributed by atoms with van der Waals surface area (Å²) in [5, 5.41) is 0. The predicted octanol–water partition coefficient (Wildman–Crippen LogP) is 2.09. The maximum atomic E-state index is 11.9. The Bertz CT molecular complexity index is 277. The fourth-order valence-corrected chi connectivity index (χ4v) is 3.14. The van der Waals surface area contributed by atoms with Gasteiger partial charge in [-0.3, -0.25) is 9.59 Å². The standard InChI is InChI=1S/C12H18O3/c1-15-11(14)9-4-7-12(8-10(9)13)5-2-3-6-12/h9H,2-8H2,1H3. The summed E-state index contributed by atoms with van der Waals surface area (Å²) < 4.78 is 4.65. The highest BCUT2D eigenvalue weighted by Crippen LogP contribution is 2.49. The van der Waals surface area contributed by atoms with Crippen LogP contribution >= 0.6 is 0 Å². The Labute approximate surface area is 90.2 Å². The Kier molecular flexibility index (Phi) is 2.81. The molecule has 1 unspecified atom stereocenters. The summed E-state index contributed by atoms with van der Waals surface area (Å²) in [6, 6.07) is 0. The average Bonchev–Trinajstić information content (AvgIpc) is 2.65. The lowest BCUT2D eigenvalue weighted by Gasteiger charge is -2.35. The maximum absolute atomic E-state index is 11.9. The van der Waals surface area contributed by atoms with Crippen LogP contribution < -0.4 is 0 Å². The number of hydrogen-bond donors (Lipinski definition) is 0. The minimum Gasteiger partial charge on any atom is -0.468 e. The maximum Gasteiger partial charge on any atom is 0.316 e. The molecular formula is C12H18O3. The topological polar surface area (TPSA) is 43.4 Å². The third-order valence-corrected chi connectivity index (χ3v) is 4.05. The number of rotatable bonds is 1. The van der Waals surface area contributed by atoms with Crippen molar-refractivity contribution in [2.75, 3.05) is 7.11 Å². The predicted molar refractivity (Wildman–Crippen MR) is 55.3 cm³/mol. The van der Waals surface area contributed by atoms with E-state index in [2.05, 4.69) is 4.74 Å². The van der Waals surface area contributed by atoms with E-state index in [1.807, 2.05) is 0 Å². The first kappa shape index (κ1) is 10.7. The highest BCUT2D eigenvalue weighted by molar-refractivity contribution is 5.99. The molecule has 0 aromatic heterocycles. The zero-order valence-corrected chi connectivity index (χ0v) is 9.25. The van der Waals surface area contributed by atoms with Crippen LogP contribution in [0.1, 0.15) is 44.9 Å². The fourth-order valence-electron chi connectivity index (χ4n) is 3.14. The van der Waals surface area contributed by atoms with Gasteiger partial charge in [0, 0.05) is 6.42 Å². The van der Waals surface area contributed by atoms with E-state index in [1.165, 1.54) is 32.8 Å². The van der Waals surface area contributed by atoms with Gasteiger partial charge >= 0.3 is 5.97 Å². The molecule has 2 fully saturated rings. The van der Waals surface area contributed by atoms with Crippen molar-refractivity contribution in [1.82, 2.24) is 0 Å². The van der Waals surface area contributed by atoms with Gasteiger partial charge in [-0.25, -0.2) is 0 Å². The first-order chi connectivity index (χ1) is 7.17. The van der Waals surface area contributed by atoms with Gasteiger partial charge in [-0.15, -0.1) is 0 Å². The molecule has 0 amide bonds. The third kappa shape index (κ3) is 1.92. The summed E-state index contributed by atoms with van der Waals surface area (Å²) >= 11 is 0. The number of carbonyl (C=O) groups excluding carboxylic acids is 2. The molecule has 3 nitrogen and oxygen atoms in total. The molecule has 3 heteroatoms. The van der Waals surface area contributed by atoms with Gasteiger partial charge in [0.1, 0.15) is 11.7 Å². The molecule has 0 bridgehead atoms. The van der Waals surface area contributed by atoms with E-state index in [9.17, 15) is 9.59 Å². The number of esters is 1. The molecule has 0 radical (unpaired) electrons. The highest BCUT2D eigenvalue weighted by atomic mass is 16.5. The van der Waals surface area contributed by atoms with E-state index in [-0.39, 0.29) is 17.2 Å². The Morgan fingerprint density at radius 3 is 2.53 bits per heavy atom. The molecule has 0 aliphatic heterocycles. The molecule has 84 valence electrons. The second-order valence-electron chi connectivity index (χ2n) is 4.96. The summed E-state index contributed by atoms with van der Waals surface area (Å²) in [4.78, 5) is 23.2. The number of ketones is 1. The van der Waals surface area contributed by atoms with Crippen LogP contribution in [0.3, 0.4) is 0 Å². The van der Waals surface area contributed by atoms with Crippen molar-refractivity contribution < 1.29 is 14.3 Å². The van der Waals surface area contributed by atoms with Crippen LogP contribution in [0.25, 0.3) is 0 Å². The van der Waals surface area contributed by atoms with E-state index in [0.29, 0.717) is 12.8 Å². The molecule has 0 aromatic rings. The van der Waals surface area contributed by atoms with Gasteiger partial charge in [0.25, 0.3) is 0 Å². The lowest BCUT2D eigenvalue weighted by molar-refractivity contribution is -0.152. The van der Waals surface area contributed by atoms with Crippen molar-refractivity contribution in [3.05, 3.63) is 0 Å². The molecule has 0 N–H and O–H groups in total. The highest BCUT2D eigenvalue weighted by Gasteiger charge is 2.44. The lowest BCUT2D eigenvalue weighted by Crippen LogP contribution is -2.36. The molecule has 0 heterocycles. The smallest absolute Gasteiger partial charge is 0.316 e. The van der Waals surface area contributed by atoms with E-state index in [1.54, 1.807) is 0 Å². The summed E-state index contributed by atoms with van der Waals surface area (Å²) in [6.45, 7) is 0. The molecule has 2 saturated carbocycles. The van der Waals surface area contributed by atoms with E-state index >= 15 is 0 Å². The number of hydrogen-bond acceptors (Lipinski definition) is 3. The van der Waals surface area contributed by atoms with Gasteiger partial charge in [-0.2, -0.15) is 0 Å². The molecule has 2 aliphatic carbocycles. The van der Waals surface area contributed by atoms with E-state index in [4.69, 9.17) is 0 Å². The number of carbonyl (C=O) groups is 2. The Balaban J connectivity index is 2.02. The van der Waals surface area contributed by atoms with Crippen LogP contribution in [0, 0.1) is 11.3 Å². The van der Waals surface area contributed by atoms with Crippen LogP contribution in [0.4, 0.5) is 0 Å². The van der Waals surface area contributed by atoms with Crippen molar-refractivity contribution in [2.45, 2.75) is 44.9 Å². The first-order valence-corrected chi connectivity index (χ1v) is 5.77. The molecule has 1 atom stereocenters. The quantitative estimate of drug-likeness (QED) is 0.491. The Morgan fingerprint density at radius 1 is 1.33 bits per heavy atom. The Morgan fingerprint density at radius 2 is 2.00 bits per heavy atom. The number of Topliss-reactive ketones (excluding diaryl/α,β-unsaturated/α-hetero) is 1. The number of ether oxygens (including phenoxy) is 1. The van der Waals surface area contributed by atoms with Gasteiger partial charge in [-0.1, -0.05) is 12.8 Å². The van der Waals surface area contributed by atoms with Gasteiger partial charge < -0.3 is 4.74 Å². The van der Waals surface area contributed by atoms with Crippen molar-refractivity contribution in [2.24, 2.45) is 11.3 Å². The van der Waals surface area contributed by atoms with Crippen molar-refractivity contribution in [1.29, 1.82) is 0 Å². The van der Waals surface area contributed by atoms with Crippen LogP contribution in [0.15, 0.2) is 0 Å². The van der Waals surface area contributed by atoms with E-state index in [0.717, 1.165) is 6.42 Å². The second-order valence-corrected chi connectivity index (χ2v) is 4.96. The molecule has 1 spiro atoms. The van der Waals surface area contributed by atoms with Crippen LogP contribution in [-0.2, 0) is 14.3 Å². The lowest BCUT2D eigenvalue weighted by atomic mass is 9.69. The molecule has 0 saturated heterocycles. The van der Waals surface area contributed by atoms with Gasteiger partial charge in [0.15, 0.2) is 0 Å². The van der Waals surface area contributed by atoms with E-state index < -0.39 is 5.92 Å². The fraction of sp³-hybridized carbons (Fsp3) is 0.833. The van der Waals surface area contributed by atoms with Crippen molar-refractivity contribution in [3.63, 3.8) is 0 Å². The zero-order chi connectivity index (χ0) is 10.9. The van der Waals surface area contributed by atoms with Crippen LogP contribution in [0.5, 0.6) is 0 Å². The monoisotopic (exact) mass is 210 g/mol. The third-order valence-electron chi connectivity index (χ3n) is 4.05. The molecule has 0 aromatic carbocycles. The SMILES string of the molecule is COC(=O)C1CCC2(CCCC2)CC1=O. The molecule has 2 aliphatic rings.